The van der Waals surface area contributed by atoms with Crippen molar-refractivity contribution >= 4 is 17.7 Å². The van der Waals surface area contributed by atoms with E-state index in [-0.39, 0.29) is 24.1 Å². The van der Waals surface area contributed by atoms with Gasteiger partial charge in [0.15, 0.2) is 0 Å². The number of benzene rings is 1. The highest BCUT2D eigenvalue weighted by Gasteiger charge is 2.25. The van der Waals surface area contributed by atoms with E-state index in [0.717, 1.165) is 38.5 Å². The second-order valence-electron chi connectivity index (χ2n) is 6.80. The maximum atomic E-state index is 13.4. The summed E-state index contributed by atoms with van der Waals surface area (Å²) in [5, 5.41) is 0. The van der Waals surface area contributed by atoms with Crippen molar-refractivity contribution < 1.29 is 36.4 Å². The van der Waals surface area contributed by atoms with Crippen LogP contribution >= 0.6 is 0 Å². The van der Waals surface area contributed by atoms with Crippen LogP contribution < -0.4 is 26.9 Å². The second kappa shape index (κ2) is 10.9. The summed E-state index contributed by atoms with van der Waals surface area (Å²) in [6, 6.07) is 12.4. The van der Waals surface area contributed by atoms with Gasteiger partial charge < -0.3 is 26.8 Å². The molecule has 1 aromatic heterocycles. The number of quaternary nitrogens is 1. The molecule has 0 aliphatic carbocycles. The van der Waals surface area contributed by atoms with Crippen molar-refractivity contribution in [2.75, 3.05) is 44.3 Å². The van der Waals surface area contributed by atoms with Gasteiger partial charge in [0.05, 0.1) is 31.9 Å². The van der Waals surface area contributed by atoms with Crippen LogP contribution in [0, 0.1) is 6.92 Å². The van der Waals surface area contributed by atoms with E-state index in [1.165, 1.54) is 11.8 Å². The predicted octanol–water partition coefficient (Wildman–Crippen LogP) is -2.12. The van der Waals surface area contributed by atoms with Gasteiger partial charge in [-0.05, 0) is 31.2 Å². The Morgan fingerprint density at radius 3 is 2.55 bits per heavy atom. The third-order valence-corrected chi connectivity index (χ3v) is 4.66. The lowest BCUT2D eigenvalue weighted by atomic mass is 10.1. The van der Waals surface area contributed by atoms with E-state index in [0.29, 0.717) is 17.9 Å². The molecule has 0 radical (unpaired) electrons. The first-order valence-electron chi connectivity index (χ1n) is 9.49. The molecule has 0 unspecified atom stereocenters. The summed E-state index contributed by atoms with van der Waals surface area (Å²) in [6.07, 6.45) is 0. The number of hydrogen-bond acceptors (Lipinski definition) is 5. The van der Waals surface area contributed by atoms with Crippen molar-refractivity contribution in [3.05, 3.63) is 53.7 Å². The minimum Gasteiger partial charge on any atom is -1.00 e. The highest BCUT2D eigenvalue weighted by Crippen LogP contribution is 2.22. The monoisotopic (exact) mass is 419 g/mol. The predicted molar refractivity (Wildman–Crippen MR) is 105 cm³/mol. The molecule has 2 heterocycles. The van der Waals surface area contributed by atoms with E-state index in [4.69, 9.17) is 9.47 Å². The Labute approximate surface area is 177 Å². The number of amides is 1. The lowest BCUT2D eigenvalue weighted by Gasteiger charge is -2.28. The van der Waals surface area contributed by atoms with Gasteiger partial charge in [-0.1, -0.05) is 18.2 Å². The van der Waals surface area contributed by atoms with Crippen LogP contribution in [0.2, 0.25) is 0 Å². The summed E-state index contributed by atoms with van der Waals surface area (Å²) >= 11 is 0. The standard InChI is InChI=1S/C21H25N3O4.ClH/c1-16-6-5-9-20(22-16)24(11-10-23-12-14-27-15-13-23)21(26)18-7-3-4-8-19(18)28-17(2)25;/h3-9H,10-15H2,1-2H3;1H. The normalized spacial score (nSPS) is 14.0. The molecule has 2 aromatic rings. The van der Waals surface area contributed by atoms with Crippen molar-refractivity contribution in [1.29, 1.82) is 0 Å². The van der Waals surface area contributed by atoms with Crippen LogP contribution in [0.15, 0.2) is 42.5 Å². The first-order chi connectivity index (χ1) is 13.5. The van der Waals surface area contributed by atoms with E-state index in [2.05, 4.69) is 4.98 Å². The Morgan fingerprint density at radius 2 is 1.86 bits per heavy atom. The molecule has 1 aromatic carbocycles. The number of anilines is 1. The zero-order valence-electron chi connectivity index (χ0n) is 16.7. The summed E-state index contributed by atoms with van der Waals surface area (Å²) < 4.78 is 10.7. The molecular weight excluding hydrogens is 394 g/mol. The number of hydrogen-bond donors (Lipinski definition) is 1. The molecule has 0 atom stereocenters. The van der Waals surface area contributed by atoms with Gasteiger partial charge in [0.1, 0.15) is 24.7 Å². The zero-order valence-corrected chi connectivity index (χ0v) is 17.4. The number of aromatic nitrogens is 1. The highest BCUT2D eigenvalue weighted by atomic mass is 35.5. The summed E-state index contributed by atoms with van der Waals surface area (Å²) in [4.78, 5) is 32.4. The Bertz CT molecular complexity index is 840. The fraction of sp³-hybridized carbons (Fsp3) is 0.381. The van der Waals surface area contributed by atoms with Crippen LogP contribution in [0.1, 0.15) is 23.0 Å². The van der Waals surface area contributed by atoms with E-state index < -0.39 is 5.97 Å². The number of para-hydroxylation sites is 1. The molecule has 1 amide bonds. The van der Waals surface area contributed by atoms with Crippen molar-refractivity contribution in [3.8, 4) is 5.75 Å². The van der Waals surface area contributed by atoms with Gasteiger partial charge in [0.2, 0.25) is 0 Å². The van der Waals surface area contributed by atoms with Crippen LogP contribution in [0.5, 0.6) is 5.75 Å². The molecule has 1 N–H and O–H groups in total. The molecule has 0 spiro atoms. The summed E-state index contributed by atoms with van der Waals surface area (Å²) in [6.45, 7) is 7.84. The van der Waals surface area contributed by atoms with Crippen molar-refractivity contribution in [3.63, 3.8) is 0 Å². The molecule has 29 heavy (non-hydrogen) atoms. The average Bonchev–Trinajstić information content (AvgIpc) is 2.69. The van der Waals surface area contributed by atoms with Crippen molar-refractivity contribution in [2.24, 2.45) is 0 Å². The number of halogens is 1. The number of ether oxygens (including phenoxy) is 2. The van der Waals surface area contributed by atoms with Gasteiger partial charge in [-0.15, -0.1) is 0 Å². The molecule has 3 rings (SSSR count). The minimum atomic E-state index is -0.460. The molecule has 1 saturated heterocycles. The maximum Gasteiger partial charge on any atom is 0.308 e. The number of esters is 1. The number of carbonyl (C=O) groups is 2. The van der Waals surface area contributed by atoms with E-state index in [1.54, 1.807) is 29.2 Å². The fourth-order valence-corrected chi connectivity index (χ4v) is 3.21. The van der Waals surface area contributed by atoms with E-state index in [1.807, 2.05) is 25.1 Å². The van der Waals surface area contributed by atoms with E-state index in [9.17, 15) is 9.59 Å². The lowest BCUT2D eigenvalue weighted by Crippen LogP contribution is -3.14. The number of carbonyl (C=O) groups excluding carboxylic acids is 2. The van der Waals surface area contributed by atoms with Crippen LogP contribution in [0.4, 0.5) is 5.82 Å². The molecule has 0 saturated carbocycles. The van der Waals surface area contributed by atoms with Gasteiger partial charge in [0, 0.05) is 12.6 Å². The van der Waals surface area contributed by atoms with Gasteiger partial charge in [-0.3, -0.25) is 14.5 Å². The Balaban J connectivity index is 0.00000300. The molecule has 1 aliphatic heterocycles. The van der Waals surface area contributed by atoms with Crippen LogP contribution in [-0.2, 0) is 9.53 Å². The number of nitrogens with zero attached hydrogens (tertiary/aromatic N) is 2. The average molecular weight is 420 g/mol. The number of rotatable bonds is 6. The van der Waals surface area contributed by atoms with Gasteiger partial charge >= 0.3 is 5.97 Å². The molecule has 7 nitrogen and oxygen atoms in total. The quantitative estimate of drug-likeness (QED) is 0.428. The SMILES string of the molecule is CC(=O)Oc1ccccc1C(=O)N(CC[NH+]1CCOCC1)c1cccc(C)n1.[Cl-]. The number of morpholine rings is 1. The molecule has 156 valence electrons. The molecular formula is C21H26ClN3O4. The Hall–Kier alpha value is -2.48. The summed E-state index contributed by atoms with van der Waals surface area (Å²) in [5.41, 5.74) is 1.18. The molecule has 1 aliphatic rings. The molecule has 0 bridgehead atoms. The first kappa shape index (κ1) is 22.8. The largest absolute Gasteiger partial charge is 1.00 e. The summed E-state index contributed by atoms with van der Waals surface area (Å²) in [7, 11) is 0. The van der Waals surface area contributed by atoms with Gasteiger partial charge in [0.25, 0.3) is 5.91 Å². The van der Waals surface area contributed by atoms with Gasteiger partial charge in [-0.25, -0.2) is 4.98 Å². The van der Waals surface area contributed by atoms with Crippen molar-refractivity contribution in [1.82, 2.24) is 4.98 Å². The minimum absolute atomic E-state index is 0. The maximum absolute atomic E-state index is 13.4. The third kappa shape index (κ3) is 6.25. The van der Waals surface area contributed by atoms with E-state index >= 15 is 0 Å². The summed E-state index contributed by atoms with van der Waals surface area (Å²) in [5.74, 6) is 0.160. The van der Waals surface area contributed by atoms with Crippen LogP contribution in [0.3, 0.4) is 0 Å². The second-order valence-corrected chi connectivity index (χ2v) is 6.80. The third-order valence-electron chi connectivity index (χ3n) is 4.66. The number of aryl methyl sites for hydroxylation is 1. The smallest absolute Gasteiger partial charge is 0.308 e. The van der Waals surface area contributed by atoms with Gasteiger partial charge in [-0.2, -0.15) is 0 Å². The number of nitrogens with one attached hydrogen (secondary N) is 1. The molecule has 1 fully saturated rings. The zero-order chi connectivity index (χ0) is 19.9. The fourth-order valence-electron chi connectivity index (χ4n) is 3.21. The first-order valence-corrected chi connectivity index (χ1v) is 9.49. The Morgan fingerprint density at radius 1 is 1.14 bits per heavy atom. The topological polar surface area (TPSA) is 73.2 Å². The van der Waals surface area contributed by atoms with Crippen LogP contribution in [0.25, 0.3) is 0 Å². The Kier molecular flexibility index (Phi) is 8.57. The molecule has 8 heteroatoms. The highest BCUT2D eigenvalue weighted by molar-refractivity contribution is 6.07. The number of pyridine rings is 1. The van der Waals surface area contributed by atoms with Crippen LogP contribution in [-0.4, -0.2) is 56.3 Å². The lowest BCUT2D eigenvalue weighted by molar-refractivity contribution is -0.906. The van der Waals surface area contributed by atoms with Crippen molar-refractivity contribution in [2.45, 2.75) is 13.8 Å².